The molecule has 8 nitrogen and oxygen atoms in total. The number of H-pyrrole nitrogens is 1. The molecule has 0 unspecified atom stereocenters. The smallest absolute Gasteiger partial charge is 0.328 e. The Labute approximate surface area is 117 Å². The molecule has 110 valence electrons. The fourth-order valence-electron chi connectivity index (χ4n) is 2.23. The molecule has 1 aromatic carbocycles. The minimum Gasteiger partial charge on any atom is -0.481 e. The number of nitrogens with one attached hydrogen (secondary N) is 1. The van der Waals surface area contributed by atoms with E-state index < -0.39 is 17.2 Å². The molecule has 1 aromatic heterocycles. The fraction of sp³-hybridized carbons (Fsp3) is 0.308. The van der Waals surface area contributed by atoms with Crippen molar-refractivity contribution in [3.05, 3.63) is 33.0 Å². The van der Waals surface area contributed by atoms with E-state index >= 15 is 0 Å². The lowest BCUT2D eigenvalue weighted by atomic mass is 10.2. The third kappa shape index (κ3) is 2.35. The minimum atomic E-state index is -0.969. The summed E-state index contributed by atoms with van der Waals surface area (Å²) in [6.07, 6.45) is 0.0967. The highest BCUT2D eigenvalue weighted by Gasteiger charge is 2.17. The average molecular weight is 292 g/mol. The van der Waals surface area contributed by atoms with Gasteiger partial charge in [-0.25, -0.2) is 4.79 Å². The van der Waals surface area contributed by atoms with E-state index in [4.69, 9.17) is 14.6 Å². The van der Waals surface area contributed by atoms with Crippen molar-refractivity contribution >= 4 is 16.9 Å². The highest BCUT2D eigenvalue weighted by atomic mass is 16.7. The average Bonchev–Trinajstić information content (AvgIpc) is 2.87. The largest absolute Gasteiger partial charge is 0.481 e. The van der Waals surface area contributed by atoms with Crippen LogP contribution >= 0.6 is 0 Å². The van der Waals surface area contributed by atoms with Crippen molar-refractivity contribution < 1.29 is 19.4 Å². The number of benzene rings is 1. The van der Waals surface area contributed by atoms with Crippen molar-refractivity contribution in [3.8, 4) is 11.5 Å². The van der Waals surface area contributed by atoms with Crippen molar-refractivity contribution in [3.63, 3.8) is 0 Å². The van der Waals surface area contributed by atoms with E-state index in [1.165, 1.54) is 6.07 Å². The van der Waals surface area contributed by atoms with Gasteiger partial charge in [0.25, 0.3) is 5.56 Å². The number of aliphatic carboxylic acids is 1. The second-order valence-corrected chi connectivity index (χ2v) is 4.64. The standard InChI is InChI=1S/C13H12N2O6/c16-11(17)2-1-3-15-12(18)7-4-9-10(21-6-20-9)5-8(7)14-13(15)19/h4-5H,1-3,6H2,(H,14,19)(H,16,17). The van der Waals surface area contributed by atoms with Crippen LogP contribution in [-0.4, -0.2) is 27.4 Å². The van der Waals surface area contributed by atoms with Crippen LogP contribution in [0.1, 0.15) is 12.8 Å². The highest BCUT2D eigenvalue weighted by Crippen LogP contribution is 2.34. The molecule has 0 saturated heterocycles. The van der Waals surface area contributed by atoms with Crippen molar-refractivity contribution in [1.82, 2.24) is 9.55 Å². The summed E-state index contributed by atoms with van der Waals surface area (Å²) in [7, 11) is 0. The monoisotopic (exact) mass is 292 g/mol. The van der Waals surface area contributed by atoms with E-state index in [0.29, 0.717) is 22.4 Å². The predicted octanol–water partition coefficient (Wildman–Crippen LogP) is 0.283. The molecule has 0 radical (unpaired) electrons. The van der Waals surface area contributed by atoms with Gasteiger partial charge in [0, 0.05) is 19.0 Å². The normalized spacial score (nSPS) is 12.8. The minimum absolute atomic E-state index is 0.0465. The van der Waals surface area contributed by atoms with E-state index in [0.717, 1.165) is 4.57 Å². The molecule has 0 bridgehead atoms. The van der Waals surface area contributed by atoms with Gasteiger partial charge in [0.2, 0.25) is 6.79 Å². The van der Waals surface area contributed by atoms with Crippen molar-refractivity contribution in [2.24, 2.45) is 0 Å². The lowest BCUT2D eigenvalue weighted by Gasteiger charge is -2.06. The zero-order valence-electron chi connectivity index (χ0n) is 10.9. The first-order valence-corrected chi connectivity index (χ1v) is 6.34. The van der Waals surface area contributed by atoms with Gasteiger partial charge in [-0.1, -0.05) is 0 Å². The van der Waals surface area contributed by atoms with Gasteiger partial charge in [-0.05, 0) is 12.5 Å². The third-order valence-corrected chi connectivity index (χ3v) is 3.25. The number of aromatic nitrogens is 2. The molecular formula is C13H12N2O6. The van der Waals surface area contributed by atoms with E-state index in [-0.39, 0.29) is 26.2 Å². The zero-order valence-corrected chi connectivity index (χ0v) is 10.9. The van der Waals surface area contributed by atoms with Gasteiger partial charge in [-0.2, -0.15) is 0 Å². The first-order valence-electron chi connectivity index (χ1n) is 6.34. The molecule has 0 amide bonds. The Bertz CT molecular complexity index is 835. The fourth-order valence-corrected chi connectivity index (χ4v) is 2.23. The Morgan fingerprint density at radius 3 is 2.71 bits per heavy atom. The Morgan fingerprint density at radius 1 is 1.29 bits per heavy atom. The summed E-state index contributed by atoms with van der Waals surface area (Å²) in [6.45, 7) is 0.119. The summed E-state index contributed by atoms with van der Waals surface area (Å²) in [5.74, 6) is -0.0476. The van der Waals surface area contributed by atoms with Gasteiger partial charge in [-0.3, -0.25) is 14.2 Å². The molecule has 3 rings (SSSR count). The first-order chi connectivity index (χ1) is 10.1. The van der Waals surface area contributed by atoms with Gasteiger partial charge in [0.15, 0.2) is 11.5 Å². The summed E-state index contributed by atoms with van der Waals surface area (Å²) in [5, 5.41) is 8.90. The van der Waals surface area contributed by atoms with Crippen LogP contribution in [0.15, 0.2) is 21.7 Å². The molecule has 8 heteroatoms. The van der Waals surface area contributed by atoms with Gasteiger partial charge in [-0.15, -0.1) is 0 Å². The number of ether oxygens (including phenoxy) is 2. The third-order valence-electron chi connectivity index (χ3n) is 3.25. The van der Waals surface area contributed by atoms with E-state index in [1.54, 1.807) is 6.07 Å². The van der Waals surface area contributed by atoms with Crippen molar-refractivity contribution in [2.75, 3.05) is 6.79 Å². The summed E-state index contributed by atoms with van der Waals surface area (Å²) in [6, 6.07) is 3.06. The van der Waals surface area contributed by atoms with Gasteiger partial charge in [0.05, 0.1) is 10.9 Å². The lowest BCUT2D eigenvalue weighted by molar-refractivity contribution is -0.137. The molecule has 0 fully saturated rings. The van der Waals surface area contributed by atoms with Crippen molar-refractivity contribution in [1.29, 1.82) is 0 Å². The molecule has 0 saturated carbocycles. The number of carboxylic acid groups (broad SMARTS) is 1. The Kier molecular flexibility index (Phi) is 3.13. The number of hydrogen-bond acceptors (Lipinski definition) is 5. The first kappa shape index (κ1) is 13.2. The molecule has 2 heterocycles. The molecule has 2 N–H and O–H groups in total. The molecule has 0 aliphatic carbocycles. The molecule has 0 spiro atoms. The van der Waals surface area contributed by atoms with E-state index in [2.05, 4.69) is 4.98 Å². The Morgan fingerprint density at radius 2 is 2.00 bits per heavy atom. The quantitative estimate of drug-likeness (QED) is 0.837. The number of carbonyl (C=O) groups is 1. The summed E-state index contributed by atoms with van der Waals surface area (Å²) < 4.78 is 11.4. The molecule has 1 aliphatic rings. The maximum atomic E-state index is 12.3. The number of rotatable bonds is 4. The number of aromatic amines is 1. The Hall–Kier alpha value is -2.77. The maximum Gasteiger partial charge on any atom is 0.328 e. The van der Waals surface area contributed by atoms with Gasteiger partial charge in [0.1, 0.15) is 0 Å². The SMILES string of the molecule is O=C(O)CCCn1c(=O)[nH]c2cc3c(cc2c1=O)OCO3. The van der Waals surface area contributed by atoms with Crippen LogP contribution in [0, 0.1) is 0 Å². The second-order valence-electron chi connectivity index (χ2n) is 4.64. The van der Waals surface area contributed by atoms with Crippen LogP contribution in [0.5, 0.6) is 11.5 Å². The maximum absolute atomic E-state index is 12.3. The molecule has 2 aromatic rings. The molecule has 21 heavy (non-hydrogen) atoms. The summed E-state index contributed by atoms with van der Waals surface area (Å²) >= 11 is 0. The summed E-state index contributed by atoms with van der Waals surface area (Å²) in [4.78, 5) is 37.3. The van der Waals surface area contributed by atoms with Crippen molar-refractivity contribution in [2.45, 2.75) is 19.4 Å². The van der Waals surface area contributed by atoms with Gasteiger partial charge >= 0.3 is 11.7 Å². The number of nitrogens with zero attached hydrogens (tertiary/aromatic N) is 1. The van der Waals surface area contributed by atoms with Crippen LogP contribution in [0.3, 0.4) is 0 Å². The second kappa shape index (κ2) is 4.97. The number of hydrogen-bond donors (Lipinski definition) is 2. The van der Waals surface area contributed by atoms with Crippen LogP contribution in [0.25, 0.3) is 10.9 Å². The van der Waals surface area contributed by atoms with E-state index in [1.807, 2.05) is 0 Å². The van der Waals surface area contributed by atoms with Crippen LogP contribution in [0.4, 0.5) is 0 Å². The Balaban J connectivity index is 2.06. The highest BCUT2D eigenvalue weighted by molar-refractivity contribution is 5.81. The number of carboxylic acids is 1. The van der Waals surface area contributed by atoms with Crippen LogP contribution in [0.2, 0.25) is 0 Å². The van der Waals surface area contributed by atoms with E-state index in [9.17, 15) is 14.4 Å². The van der Waals surface area contributed by atoms with Crippen LogP contribution < -0.4 is 20.7 Å². The summed E-state index contributed by atoms with van der Waals surface area (Å²) in [5.41, 5.74) is -0.682. The molecule has 1 aliphatic heterocycles. The van der Waals surface area contributed by atoms with Crippen LogP contribution in [-0.2, 0) is 11.3 Å². The molecular weight excluding hydrogens is 280 g/mol. The zero-order chi connectivity index (χ0) is 15.0. The molecule has 0 atom stereocenters. The van der Waals surface area contributed by atoms with Gasteiger partial charge < -0.3 is 19.6 Å². The number of fused-ring (bicyclic) bond motifs is 2. The lowest BCUT2D eigenvalue weighted by Crippen LogP contribution is -2.35. The predicted molar refractivity (Wildman–Crippen MR) is 71.8 cm³/mol. The topological polar surface area (TPSA) is 111 Å².